The Morgan fingerprint density at radius 3 is 2.71 bits per heavy atom. The molecule has 0 saturated heterocycles. The number of rotatable bonds is 0. The summed E-state index contributed by atoms with van der Waals surface area (Å²) in [6.45, 7) is 0. The van der Waals surface area contributed by atoms with Gasteiger partial charge in [0.15, 0.2) is 0 Å². The number of hydrogen-bond acceptors (Lipinski definition) is 4. The molecule has 4 heteroatoms. The van der Waals surface area contributed by atoms with Crippen molar-refractivity contribution in [2.75, 3.05) is 5.73 Å². The highest BCUT2D eigenvalue weighted by Gasteiger charge is 1.87. The molecule has 1 heterocycles. The van der Waals surface area contributed by atoms with Gasteiger partial charge < -0.3 is 10.2 Å². The van der Waals surface area contributed by atoms with Gasteiger partial charge >= 0.3 is 4.94 Å². The van der Waals surface area contributed by atoms with Gasteiger partial charge in [0.1, 0.15) is 11.3 Å². The Kier molecular flexibility index (Phi) is 0.867. The van der Waals surface area contributed by atoms with E-state index in [0.717, 1.165) is 11.3 Å². The molecule has 0 saturated carbocycles. The Labute approximate surface area is 43.4 Å². The first-order valence-electron chi connectivity index (χ1n) is 1.63. The third-order valence-electron chi connectivity index (χ3n) is 0.472. The first-order valence-corrected chi connectivity index (χ1v) is 2.45. The Bertz CT molecular complexity index is 201. The summed E-state index contributed by atoms with van der Waals surface area (Å²) in [5, 5.41) is 0.421. The normalized spacial score (nSPS) is 9.14. The van der Waals surface area contributed by atoms with E-state index in [4.69, 9.17) is 5.73 Å². The molecule has 0 amide bonds. The van der Waals surface area contributed by atoms with Gasteiger partial charge in [-0.3, -0.25) is 0 Å². The molecule has 1 aromatic rings. The van der Waals surface area contributed by atoms with Crippen LogP contribution < -0.4 is 10.7 Å². The van der Waals surface area contributed by atoms with Gasteiger partial charge in [0, 0.05) is 0 Å². The molecule has 38 valence electrons. The molecule has 0 bridgehead atoms. The molecule has 0 aliphatic heterocycles. The molecule has 0 aliphatic carbocycles. The summed E-state index contributed by atoms with van der Waals surface area (Å²) in [5.74, 6) is 0. The zero-order chi connectivity index (χ0) is 5.28. The SMILES string of the molecule is Nc1coc(=O)s1. The smallest absolute Gasteiger partial charge is 0.396 e. The van der Waals surface area contributed by atoms with Gasteiger partial charge in [-0.05, 0) is 11.3 Å². The van der Waals surface area contributed by atoms with Gasteiger partial charge in [-0.25, -0.2) is 4.79 Å². The van der Waals surface area contributed by atoms with Gasteiger partial charge in [-0.15, -0.1) is 0 Å². The highest BCUT2D eigenvalue weighted by Crippen LogP contribution is 2.01. The molecule has 1 rings (SSSR count). The molecule has 0 unspecified atom stereocenters. The Morgan fingerprint density at radius 2 is 2.57 bits per heavy atom. The predicted molar refractivity (Wildman–Crippen MR) is 27.3 cm³/mol. The van der Waals surface area contributed by atoms with Crippen LogP contribution in [0.1, 0.15) is 0 Å². The Morgan fingerprint density at radius 1 is 1.86 bits per heavy atom. The van der Waals surface area contributed by atoms with E-state index >= 15 is 0 Å². The predicted octanol–water partition coefficient (Wildman–Crippen LogP) is 0.284. The van der Waals surface area contributed by atoms with Crippen molar-refractivity contribution in [2.24, 2.45) is 0 Å². The largest absolute Gasteiger partial charge is 0.420 e. The molecule has 3 nitrogen and oxygen atoms in total. The van der Waals surface area contributed by atoms with Crippen LogP contribution in [0.2, 0.25) is 0 Å². The van der Waals surface area contributed by atoms with Crippen LogP contribution in [-0.2, 0) is 0 Å². The molecule has 0 atom stereocenters. The standard InChI is InChI=1S/C3H3NO2S/c4-2-1-6-3(5)7-2/h1H,4H2. The van der Waals surface area contributed by atoms with Crippen molar-refractivity contribution in [3.05, 3.63) is 16.0 Å². The van der Waals surface area contributed by atoms with Crippen LogP contribution >= 0.6 is 11.3 Å². The van der Waals surface area contributed by atoms with Crippen molar-refractivity contribution in [1.29, 1.82) is 0 Å². The highest BCUT2D eigenvalue weighted by molar-refractivity contribution is 7.12. The molecule has 0 radical (unpaired) electrons. The monoisotopic (exact) mass is 117 g/mol. The maximum Gasteiger partial charge on any atom is 0.396 e. The van der Waals surface area contributed by atoms with Crippen LogP contribution in [0.5, 0.6) is 0 Å². The van der Waals surface area contributed by atoms with Gasteiger partial charge in [-0.2, -0.15) is 0 Å². The highest BCUT2D eigenvalue weighted by atomic mass is 32.1. The minimum atomic E-state index is -0.350. The van der Waals surface area contributed by atoms with Crippen molar-refractivity contribution in [3.8, 4) is 0 Å². The third-order valence-corrected chi connectivity index (χ3v) is 1.07. The zero-order valence-corrected chi connectivity index (χ0v) is 4.20. The topological polar surface area (TPSA) is 56.2 Å². The number of hydrogen-bond donors (Lipinski definition) is 1. The maximum absolute atomic E-state index is 10.1. The summed E-state index contributed by atoms with van der Waals surface area (Å²) >= 11 is 0.898. The number of anilines is 1. The van der Waals surface area contributed by atoms with Crippen LogP contribution in [0, 0.1) is 0 Å². The summed E-state index contributed by atoms with van der Waals surface area (Å²) in [6.07, 6.45) is 1.23. The summed E-state index contributed by atoms with van der Waals surface area (Å²) in [4.78, 5) is 9.71. The Hall–Kier alpha value is -0.770. The van der Waals surface area contributed by atoms with Gasteiger partial charge in [0.25, 0.3) is 0 Å². The van der Waals surface area contributed by atoms with E-state index in [2.05, 4.69) is 4.42 Å². The lowest BCUT2D eigenvalue weighted by Crippen LogP contribution is -1.80. The van der Waals surface area contributed by atoms with Crippen molar-refractivity contribution in [2.45, 2.75) is 0 Å². The average Bonchev–Trinajstić information content (AvgIpc) is 1.87. The third kappa shape index (κ3) is 0.806. The van der Waals surface area contributed by atoms with Crippen molar-refractivity contribution >= 4 is 16.3 Å². The molecule has 0 spiro atoms. The van der Waals surface area contributed by atoms with Gasteiger partial charge in [0.2, 0.25) is 0 Å². The fourth-order valence-electron chi connectivity index (χ4n) is 0.251. The molecule has 7 heavy (non-hydrogen) atoms. The van der Waals surface area contributed by atoms with Crippen molar-refractivity contribution < 1.29 is 4.42 Å². The molecular formula is C3H3NO2S. The second kappa shape index (κ2) is 1.38. The zero-order valence-electron chi connectivity index (χ0n) is 3.38. The first-order chi connectivity index (χ1) is 3.29. The van der Waals surface area contributed by atoms with E-state index in [-0.39, 0.29) is 4.94 Å². The summed E-state index contributed by atoms with van der Waals surface area (Å²) in [7, 11) is 0. The maximum atomic E-state index is 10.1. The average molecular weight is 117 g/mol. The van der Waals surface area contributed by atoms with Crippen molar-refractivity contribution in [1.82, 2.24) is 0 Å². The second-order valence-electron chi connectivity index (χ2n) is 0.990. The molecular weight excluding hydrogens is 114 g/mol. The van der Waals surface area contributed by atoms with Crippen molar-refractivity contribution in [3.63, 3.8) is 0 Å². The van der Waals surface area contributed by atoms with E-state index in [0.29, 0.717) is 5.00 Å². The summed E-state index contributed by atoms with van der Waals surface area (Å²) in [5.41, 5.74) is 5.10. The molecule has 1 aromatic heterocycles. The van der Waals surface area contributed by atoms with Crippen LogP contribution in [-0.4, -0.2) is 0 Å². The lowest BCUT2D eigenvalue weighted by molar-refractivity contribution is 0.539. The van der Waals surface area contributed by atoms with Gasteiger partial charge in [-0.1, -0.05) is 0 Å². The molecule has 0 aliphatic rings. The lowest BCUT2D eigenvalue weighted by Gasteiger charge is -1.64. The quantitative estimate of drug-likeness (QED) is 0.531. The number of nitrogens with two attached hydrogens (primary N) is 1. The fourth-order valence-corrected chi connectivity index (χ4v) is 0.635. The lowest BCUT2D eigenvalue weighted by atomic mass is 10.9. The first kappa shape index (κ1) is 4.39. The van der Waals surface area contributed by atoms with Gasteiger partial charge in [0.05, 0.1) is 0 Å². The van der Waals surface area contributed by atoms with Crippen LogP contribution in [0.25, 0.3) is 0 Å². The molecule has 2 N–H and O–H groups in total. The molecule has 0 aromatic carbocycles. The summed E-state index contributed by atoms with van der Waals surface area (Å²) < 4.78 is 4.30. The molecule has 0 fully saturated rings. The Balaban J connectivity index is 3.30. The minimum Gasteiger partial charge on any atom is -0.420 e. The van der Waals surface area contributed by atoms with E-state index in [1.807, 2.05) is 0 Å². The van der Waals surface area contributed by atoms with E-state index in [9.17, 15) is 4.79 Å². The van der Waals surface area contributed by atoms with E-state index in [1.54, 1.807) is 0 Å². The van der Waals surface area contributed by atoms with Crippen LogP contribution in [0.4, 0.5) is 5.00 Å². The fraction of sp³-hybridized carbons (Fsp3) is 0. The van der Waals surface area contributed by atoms with E-state index < -0.39 is 0 Å². The van der Waals surface area contributed by atoms with Crippen LogP contribution in [0.15, 0.2) is 15.5 Å². The van der Waals surface area contributed by atoms with Crippen LogP contribution in [0.3, 0.4) is 0 Å². The van der Waals surface area contributed by atoms with E-state index in [1.165, 1.54) is 6.26 Å². The summed E-state index contributed by atoms with van der Waals surface area (Å²) in [6, 6.07) is 0. The number of nitrogen functional groups attached to an aromatic ring is 1. The second-order valence-corrected chi connectivity index (χ2v) is 2.00. The minimum absolute atomic E-state index is 0.350.